The summed E-state index contributed by atoms with van der Waals surface area (Å²) < 4.78 is 2.12. The Kier molecular flexibility index (Phi) is 3.09. The van der Waals surface area contributed by atoms with E-state index in [4.69, 9.17) is 0 Å². The summed E-state index contributed by atoms with van der Waals surface area (Å²) in [6.45, 7) is 4.74. The summed E-state index contributed by atoms with van der Waals surface area (Å²) in [6.07, 6.45) is 5.69. The van der Waals surface area contributed by atoms with Crippen LogP contribution in [0.1, 0.15) is 25.8 Å². The van der Waals surface area contributed by atoms with Gasteiger partial charge < -0.3 is 9.36 Å². The first-order valence-corrected chi connectivity index (χ1v) is 4.36. The third-order valence-electron chi connectivity index (χ3n) is 1.94. The summed E-state index contributed by atoms with van der Waals surface area (Å²) in [5, 5.41) is 0. The molecule has 0 fully saturated rings. The van der Waals surface area contributed by atoms with Crippen LogP contribution < -0.4 is 0 Å². The highest BCUT2D eigenvalue weighted by Crippen LogP contribution is 2.04. The van der Waals surface area contributed by atoms with Gasteiger partial charge in [0.05, 0.1) is 0 Å². The van der Waals surface area contributed by atoms with Crippen molar-refractivity contribution in [3.8, 4) is 0 Å². The lowest BCUT2D eigenvalue weighted by atomic mass is 10.1. The zero-order chi connectivity index (χ0) is 8.97. The lowest BCUT2D eigenvalue weighted by Gasteiger charge is -1.94. The normalized spacial score (nSPS) is 10.2. The minimum absolute atomic E-state index is 0.263. The molecule has 0 saturated carbocycles. The number of aryl methyl sites for hydroxylation is 2. The summed E-state index contributed by atoms with van der Waals surface area (Å²) in [5.74, 6) is 0.263. The van der Waals surface area contributed by atoms with Crippen LogP contribution in [0.4, 0.5) is 0 Å². The molecule has 0 radical (unpaired) electrons. The highest BCUT2D eigenvalue weighted by molar-refractivity contribution is 5.75. The number of hydrogen-bond donors (Lipinski definition) is 0. The van der Waals surface area contributed by atoms with Gasteiger partial charge in [-0.3, -0.25) is 0 Å². The first-order chi connectivity index (χ1) is 5.72. The van der Waals surface area contributed by atoms with Crippen LogP contribution in [-0.2, 0) is 17.8 Å². The Labute approximate surface area is 73.2 Å². The van der Waals surface area contributed by atoms with Crippen molar-refractivity contribution in [1.82, 2.24) is 4.57 Å². The standard InChI is InChI=1S/C10H15NO/c1-3-11-7-6-10(8-11)5-4-9(2)12/h6-8H,3-5H2,1-2H3. The Morgan fingerprint density at radius 1 is 1.58 bits per heavy atom. The molecule has 66 valence electrons. The molecule has 1 heterocycles. The van der Waals surface area contributed by atoms with Crippen LogP contribution in [0.3, 0.4) is 0 Å². The maximum Gasteiger partial charge on any atom is 0.130 e. The topological polar surface area (TPSA) is 22.0 Å². The molecule has 12 heavy (non-hydrogen) atoms. The first-order valence-electron chi connectivity index (χ1n) is 4.36. The maximum atomic E-state index is 10.7. The minimum Gasteiger partial charge on any atom is -0.354 e. The van der Waals surface area contributed by atoms with Gasteiger partial charge in [-0.25, -0.2) is 0 Å². The lowest BCUT2D eigenvalue weighted by Crippen LogP contribution is -1.93. The Hall–Kier alpha value is -1.05. The highest BCUT2D eigenvalue weighted by Gasteiger charge is 1.97. The molecule has 0 aliphatic carbocycles. The highest BCUT2D eigenvalue weighted by atomic mass is 16.1. The summed E-state index contributed by atoms with van der Waals surface area (Å²) in [4.78, 5) is 10.7. The molecule has 1 aromatic rings. The van der Waals surface area contributed by atoms with Crippen molar-refractivity contribution in [3.63, 3.8) is 0 Å². The molecule has 0 aliphatic rings. The van der Waals surface area contributed by atoms with E-state index in [1.54, 1.807) is 6.92 Å². The van der Waals surface area contributed by atoms with E-state index in [0.29, 0.717) is 6.42 Å². The first kappa shape index (κ1) is 9.04. The molecule has 0 N–H and O–H groups in total. The van der Waals surface area contributed by atoms with Crippen LogP contribution in [0.25, 0.3) is 0 Å². The van der Waals surface area contributed by atoms with Crippen LogP contribution in [0.5, 0.6) is 0 Å². The fourth-order valence-electron chi connectivity index (χ4n) is 1.16. The Morgan fingerprint density at radius 3 is 2.83 bits per heavy atom. The lowest BCUT2D eigenvalue weighted by molar-refractivity contribution is -0.116. The fourth-order valence-corrected chi connectivity index (χ4v) is 1.16. The number of rotatable bonds is 4. The second kappa shape index (κ2) is 4.10. The van der Waals surface area contributed by atoms with E-state index in [2.05, 4.69) is 30.0 Å². The van der Waals surface area contributed by atoms with Gasteiger partial charge in [-0.05, 0) is 31.9 Å². The van der Waals surface area contributed by atoms with Gasteiger partial charge in [-0.15, -0.1) is 0 Å². The smallest absolute Gasteiger partial charge is 0.130 e. The predicted molar refractivity (Wildman–Crippen MR) is 49.1 cm³/mol. The molecule has 0 aromatic carbocycles. The molecular formula is C10H15NO. The summed E-state index contributed by atoms with van der Waals surface area (Å²) in [6, 6.07) is 2.08. The number of hydrogen-bond acceptors (Lipinski definition) is 1. The second-order valence-electron chi connectivity index (χ2n) is 3.05. The van der Waals surface area contributed by atoms with Crippen molar-refractivity contribution in [1.29, 1.82) is 0 Å². The van der Waals surface area contributed by atoms with Crippen molar-refractivity contribution >= 4 is 5.78 Å². The minimum atomic E-state index is 0.263. The number of ketones is 1. The molecule has 0 atom stereocenters. The van der Waals surface area contributed by atoms with Crippen LogP contribution in [0.15, 0.2) is 18.5 Å². The number of carbonyl (C=O) groups excluding carboxylic acids is 1. The average Bonchev–Trinajstić information content (AvgIpc) is 2.48. The van der Waals surface area contributed by atoms with Gasteiger partial charge >= 0.3 is 0 Å². The van der Waals surface area contributed by atoms with E-state index in [-0.39, 0.29) is 5.78 Å². The molecule has 1 rings (SSSR count). The molecule has 0 saturated heterocycles. The van der Waals surface area contributed by atoms with Crippen LogP contribution >= 0.6 is 0 Å². The van der Waals surface area contributed by atoms with E-state index in [1.807, 2.05) is 0 Å². The number of carbonyl (C=O) groups is 1. The van der Waals surface area contributed by atoms with Crippen LogP contribution in [-0.4, -0.2) is 10.4 Å². The Balaban J connectivity index is 2.47. The molecule has 0 bridgehead atoms. The molecular weight excluding hydrogens is 150 g/mol. The molecule has 0 spiro atoms. The quantitative estimate of drug-likeness (QED) is 0.669. The third-order valence-corrected chi connectivity index (χ3v) is 1.94. The van der Waals surface area contributed by atoms with Crippen LogP contribution in [0, 0.1) is 0 Å². The molecule has 0 unspecified atom stereocenters. The molecule has 0 aliphatic heterocycles. The zero-order valence-electron chi connectivity index (χ0n) is 7.71. The van der Waals surface area contributed by atoms with E-state index < -0.39 is 0 Å². The van der Waals surface area contributed by atoms with Crippen molar-refractivity contribution in [2.75, 3.05) is 0 Å². The van der Waals surface area contributed by atoms with E-state index in [9.17, 15) is 4.79 Å². The van der Waals surface area contributed by atoms with Gasteiger partial charge in [0.1, 0.15) is 5.78 Å². The summed E-state index contributed by atoms with van der Waals surface area (Å²) in [7, 11) is 0. The average molecular weight is 165 g/mol. The summed E-state index contributed by atoms with van der Waals surface area (Å²) >= 11 is 0. The van der Waals surface area contributed by atoms with Crippen molar-refractivity contribution in [2.45, 2.75) is 33.2 Å². The van der Waals surface area contributed by atoms with E-state index in [0.717, 1.165) is 13.0 Å². The molecule has 0 amide bonds. The molecule has 1 aromatic heterocycles. The molecule has 2 nitrogen and oxygen atoms in total. The largest absolute Gasteiger partial charge is 0.354 e. The second-order valence-corrected chi connectivity index (χ2v) is 3.05. The van der Waals surface area contributed by atoms with Crippen molar-refractivity contribution < 1.29 is 4.79 Å². The van der Waals surface area contributed by atoms with Gasteiger partial charge in [0.25, 0.3) is 0 Å². The predicted octanol–water partition coefficient (Wildman–Crippen LogP) is 2.03. The van der Waals surface area contributed by atoms with Gasteiger partial charge in [0.2, 0.25) is 0 Å². The van der Waals surface area contributed by atoms with Gasteiger partial charge in [-0.2, -0.15) is 0 Å². The number of nitrogens with zero attached hydrogens (tertiary/aromatic N) is 1. The third kappa shape index (κ3) is 2.53. The van der Waals surface area contributed by atoms with Gasteiger partial charge in [0.15, 0.2) is 0 Å². The Bertz CT molecular complexity index is 263. The van der Waals surface area contributed by atoms with Crippen molar-refractivity contribution in [2.24, 2.45) is 0 Å². The number of Topliss-reactive ketones (excluding diaryl/α,β-unsaturated/α-hetero) is 1. The monoisotopic (exact) mass is 165 g/mol. The number of aromatic nitrogens is 1. The maximum absolute atomic E-state index is 10.7. The van der Waals surface area contributed by atoms with E-state index >= 15 is 0 Å². The van der Waals surface area contributed by atoms with Gasteiger partial charge in [0, 0.05) is 25.4 Å². The summed E-state index contributed by atoms with van der Waals surface area (Å²) in [5.41, 5.74) is 1.26. The Morgan fingerprint density at radius 2 is 2.33 bits per heavy atom. The van der Waals surface area contributed by atoms with Gasteiger partial charge in [-0.1, -0.05) is 0 Å². The van der Waals surface area contributed by atoms with Crippen LogP contribution in [0.2, 0.25) is 0 Å². The molecule has 2 heteroatoms. The fraction of sp³-hybridized carbons (Fsp3) is 0.500. The van der Waals surface area contributed by atoms with E-state index in [1.165, 1.54) is 5.56 Å². The van der Waals surface area contributed by atoms with Crippen molar-refractivity contribution in [3.05, 3.63) is 24.0 Å². The SMILES string of the molecule is CCn1ccc(CCC(C)=O)c1. The zero-order valence-corrected chi connectivity index (χ0v) is 7.71.